The first-order valence-corrected chi connectivity index (χ1v) is 15.4. The standard InChI is InChI=1S/C34H49N5O/c1-25(2)15-21-38(22-16-26(3)4)34(35)30-17-23-39-32(24-30)31(10-9-20-37-18-7-6-8-19-37)33(36-39)29-13-11-28(12-14-29)27(5)40/h11-14,17,23-26,35H,6-10,15-16,18-22H2,1-5H3. The number of carbonyl (C=O) groups excluding carboxylic acids is 1. The zero-order valence-electron chi connectivity index (χ0n) is 25.4. The lowest BCUT2D eigenvalue weighted by atomic mass is 10.00. The zero-order chi connectivity index (χ0) is 28.6. The summed E-state index contributed by atoms with van der Waals surface area (Å²) in [5, 5.41) is 14.2. The quantitative estimate of drug-likeness (QED) is 0.139. The number of pyridine rings is 1. The molecule has 0 bridgehead atoms. The van der Waals surface area contributed by atoms with Crippen LogP contribution in [0.15, 0.2) is 42.6 Å². The molecule has 0 spiro atoms. The molecule has 6 nitrogen and oxygen atoms in total. The highest BCUT2D eigenvalue weighted by Gasteiger charge is 2.19. The van der Waals surface area contributed by atoms with E-state index in [9.17, 15) is 10.2 Å². The Bertz CT molecular complexity index is 1260. The number of likely N-dealkylation sites (tertiary alicyclic amines) is 1. The number of fused-ring (bicyclic) bond motifs is 1. The SMILES string of the molecule is CC(=O)c1ccc(-c2nn3ccc(C(=N)N(CCC(C)C)CCC(C)C)cc3c2CCCN2CCCCC2)cc1. The minimum atomic E-state index is 0.0750. The van der Waals surface area contributed by atoms with Crippen LogP contribution < -0.4 is 0 Å². The highest BCUT2D eigenvalue weighted by atomic mass is 16.1. The van der Waals surface area contributed by atoms with Crippen molar-refractivity contribution in [3.05, 3.63) is 59.3 Å². The smallest absolute Gasteiger partial charge is 0.159 e. The van der Waals surface area contributed by atoms with Crippen LogP contribution in [0.4, 0.5) is 0 Å². The van der Waals surface area contributed by atoms with Crippen LogP contribution in [0.3, 0.4) is 0 Å². The number of benzene rings is 1. The molecular formula is C34H49N5O. The third-order valence-electron chi connectivity index (χ3n) is 8.19. The minimum Gasteiger partial charge on any atom is -0.357 e. The Morgan fingerprint density at radius 3 is 2.20 bits per heavy atom. The topological polar surface area (TPSA) is 64.7 Å². The average Bonchev–Trinajstić information content (AvgIpc) is 3.31. The number of Topliss-reactive ketones (excluding diaryl/α,β-unsaturated/α-hetero) is 1. The first-order valence-electron chi connectivity index (χ1n) is 15.4. The Balaban J connectivity index is 1.66. The van der Waals surface area contributed by atoms with Crippen LogP contribution in [0.5, 0.6) is 0 Å². The number of amidine groups is 1. The summed E-state index contributed by atoms with van der Waals surface area (Å²) < 4.78 is 1.98. The van der Waals surface area contributed by atoms with Gasteiger partial charge in [-0.2, -0.15) is 5.10 Å². The number of hydrogen-bond acceptors (Lipinski definition) is 4. The average molecular weight is 544 g/mol. The molecule has 0 aliphatic carbocycles. The van der Waals surface area contributed by atoms with Crippen LogP contribution in [-0.4, -0.2) is 63.8 Å². The van der Waals surface area contributed by atoms with E-state index in [1.54, 1.807) is 6.92 Å². The van der Waals surface area contributed by atoms with Crippen molar-refractivity contribution in [3.63, 3.8) is 0 Å². The van der Waals surface area contributed by atoms with Crippen molar-refractivity contribution in [2.75, 3.05) is 32.7 Å². The Morgan fingerprint density at radius 1 is 0.950 bits per heavy atom. The van der Waals surface area contributed by atoms with Gasteiger partial charge in [0.2, 0.25) is 0 Å². The van der Waals surface area contributed by atoms with Gasteiger partial charge in [-0.05, 0) is 89.1 Å². The van der Waals surface area contributed by atoms with Crippen molar-refractivity contribution in [2.45, 2.75) is 79.6 Å². The van der Waals surface area contributed by atoms with Gasteiger partial charge in [-0.15, -0.1) is 0 Å². The summed E-state index contributed by atoms with van der Waals surface area (Å²) in [5.41, 5.74) is 6.01. The van der Waals surface area contributed by atoms with Gasteiger partial charge in [0, 0.05) is 41.5 Å². The van der Waals surface area contributed by atoms with E-state index in [1.807, 2.05) is 41.0 Å². The van der Waals surface area contributed by atoms with Crippen molar-refractivity contribution in [3.8, 4) is 11.3 Å². The van der Waals surface area contributed by atoms with Crippen LogP contribution in [-0.2, 0) is 6.42 Å². The third-order valence-corrected chi connectivity index (χ3v) is 8.19. The largest absolute Gasteiger partial charge is 0.357 e. The number of nitrogens with one attached hydrogen (secondary N) is 1. The van der Waals surface area contributed by atoms with E-state index >= 15 is 0 Å². The first-order chi connectivity index (χ1) is 19.2. The molecule has 1 aliphatic heterocycles. The van der Waals surface area contributed by atoms with Gasteiger partial charge in [0.1, 0.15) is 5.84 Å². The fourth-order valence-corrected chi connectivity index (χ4v) is 5.59. The molecule has 1 aromatic carbocycles. The molecular weight excluding hydrogens is 494 g/mol. The van der Waals surface area contributed by atoms with Crippen LogP contribution in [0.25, 0.3) is 16.8 Å². The van der Waals surface area contributed by atoms with Gasteiger partial charge in [0.25, 0.3) is 0 Å². The Labute approximate surface area is 241 Å². The molecule has 1 fully saturated rings. The van der Waals surface area contributed by atoms with Gasteiger partial charge in [-0.1, -0.05) is 58.4 Å². The van der Waals surface area contributed by atoms with Crippen LogP contribution in [0.1, 0.15) is 94.6 Å². The molecule has 0 saturated carbocycles. The molecule has 0 amide bonds. The summed E-state index contributed by atoms with van der Waals surface area (Å²) in [6.45, 7) is 15.9. The third kappa shape index (κ3) is 7.81. The molecule has 40 heavy (non-hydrogen) atoms. The molecule has 0 atom stereocenters. The predicted octanol–water partition coefficient (Wildman–Crippen LogP) is 7.34. The number of aryl methyl sites for hydroxylation is 1. The fourth-order valence-electron chi connectivity index (χ4n) is 5.59. The minimum absolute atomic E-state index is 0.0750. The summed E-state index contributed by atoms with van der Waals surface area (Å²) in [7, 11) is 0. The van der Waals surface area contributed by atoms with Crippen molar-refractivity contribution >= 4 is 17.1 Å². The molecule has 4 rings (SSSR count). The van der Waals surface area contributed by atoms with Crippen molar-refractivity contribution in [2.24, 2.45) is 11.8 Å². The number of piperidine rings is 1. The number of nitrogens with zero attached hydrogens (tertiary/aromatic N) is 4. The van der Waals surface area contributed by atoms with E-state index in [0.29, 0.717) is 17.7 Å². The Kier molecular flexibility index (Phi) is 10.5. The van der Waals surface area contributed by atoms with Crippen molar-refractivity contribution in [1.82, 2.24) is 19.4 Å². The maximum absolute atomic E-state index is 11.9. The van der Waals surface area contributed by atoms with E-state index in [-0.39, 0.29) is 5.78 Å². The number of aromatic nitrogens is 2. The van der Waals surface area contributed by atoms with Gasteiger partial charge in [0.05, 0.1) is 11.2 Å². The first kappa shape index (κ1) is 30.0. The van der Waals surface area contributed by atoms with Crippen LogP contribution >= 0.6 is 0 Å². The lowest BCUT2D eigenvalue weighted by Crippen LogP contribution is -2.34. The monoisotopic (exact) mass is 543 g/mol. The zero-order valence-corrected chi connectivity index (χ0v) is 25.4. The molecule has 3 heterocycles. The number of rotatable bonds is 13. The maximum Gasteiger partial charge on any atom is 0.159 e. The molecule has 1 N–H and O–H groups in total. The van der Waals surface area contributed by atoms with Gasteiger partial charge in [-0.25, -0.2) is 4.52 Å². The molecule has 1 saturated heterocycles. The molecule has 0 radical (unpaired) electrons. The maximum atomic E-state index is 11.9. The van der Waals surface area contributed by atoms with E-state index in [1.165, 1.54) is 37.9 Å². The lowest BCUT2D eigenvalue weighted by molar-refractivity contribution is 0.101. The fraction of sp³-hybridized carbons (Fsp3) is 0.559. The summed E-state index contributed by atoms with van der Waals surface area (Å²) in [6.07, 6.45) is 10.2. The molecule has 216 valence electrons. The molecule has 3 aromatic rings. The van der Waals surface area contributed by atoms with Crippen molar-refractivity contribution in [1.29, 1.82) is 5.41 Å². The second-order valence-electron chi connectivity index (χ2n) is 12.4. The van der Waals surface area contributed by atoms with Gasteiger partial charge >= 0.3 is 0 Å². The van der Waals surface area contributed by atoms with Gasteiger partial charge in [-0.3, -0.25) is 10.2 Å². The van der Waals surface area contributed by atoms with Crippen molar-refractivity contribution < 1.29 is 4.79 Å². The summed E-state index contributed by atoms with van der Waals surface area (Å²) in [4.78, 5) is 16.7. The van der Waals surface area contributed by atoms with Crippen LogP contribution in [0.2, 0.25) is 0 Å². The molecule has 2 aromatic heterocycles. The Morgan fingerprint density at radius 2 is 1.60 bits per heavy atom. The number of carbonyl (C=O) groups is 1. The summed E-state index contributed by atoms with van der Waals surface area (Å²) >= 11 is 0. The van der Waals surface area contributed by atoms with E-state index in [2.05, 4.69) is 43.6 Å². The molecule has 6 heteroatoms. The molecule has 1 aliphatic rings. The van der Waals surface area contributed by atoms with E-state index in [4.69, 9.17) is 5.10 Å². The highest BCUT2D eigenvalue weighted by molar-refractivity contribution is 5.98. The predicted molar refractivity (Wildman–Crippen MR) is 167 cm³/mol. The van der Waals surface area contributed by atoms with Crippen LogP contribution in [0, 0.1) is 17.2 Å². The van der Waals surface area contributed by atoms with E-state index < -0.39 is 0 Å². The second-order valence-corrected chi connectivity index (χ2v) is 12.4. The number of hydrogen-bond donors (Lipinski definition) is 1. The normalized spacial score (nSPS) is 14.4. The second kappa shape index (κ2) is 14.1. The summed E-state index contributed by atoms with van der Waals surface area (Å²) in [5.74, 6) is 1.90. The highest BCUT2D eigenvalue weighted by Crippen LogP contribution is 2.29. The van der Waals surface area contributed by atoms with Gasteiger partial charge in [0.15, 0.2) is 5.78 Å². The summed E-state index contributed by atoms with van der Waals surface area (Å²) in [6, 6.07) is 12.1. The lowest BCUT2D eigenvalue weighted by Gasteiger charge is -2.27. The van der Waals surface area contributed by atoms with E-state index in [0.717, 1.165) is 73.2 Å². The molecule has 0 unspecified atom stereocenters. The Hall–Kier alpha value is -2.99. The van der Waals surface area contributed by atoms with Gasteiger partial charge < -0.3 is 9.80 Å². The number of ketones is 1.